The van der Waals surface area contributed by atoms with Crippen LogP contribution < -0.4 is 0 Å². The molecule has 16 heavy (non-hydrogen) atoms. The molecule has 0 spiro atoms. The van der Waals surface area contributed by atoms with Crippen LogP contribution >= 0.6 is 0 Å². The first-order chi connectivity index (χ1) is 7.63. The van der Waals surface area contributed by atoms with Crippen LogP contribution in [0.15, 0.2) is 24.4 Å². The molecule has 2 rings (SSSR count). The van der Waals surface area contributed by atoms with Crippen molar-refractivity contribution in [2.24, 2.45) is 0 Å². The molecule has 0 fully saturated rings. The van der Waals surface area contributed by atoms with Gasteiger partial charge < -0.3 is 4.74 Å². The molecule has 2 aromatic rings. The third-order valence-electron chi connectivity index (χ3n) is 2.50. The fraction of sp³-hybridized carbons (Fsp3) is 0.333. The smallest absolute Gasteiger partial charge is 0.355 e. The summed E-state index contributed by atoms with van der Waals surface area (Å²) in [6, 6.07) is 5.40. The van der Waals surface area contributed by atoms with Gasteiger partial charge in [0.05, 0.1) is 12.8 Å². The van der Waals surface area contributed by atoms with Gasteiger partial charge in [-0.1, -0.05) is 19.9 Å². The number of aromatic nitrogens is 2. The number of hydrogen-bond acceptors (Lipinski definition) is 3. The minimum absolute atomic E-state index is 0.338. The number of rotatable bonds is 2. The average molecular weight is 218 g/mol. The number of imidazole rings is 1. The van der Waals surface area contributed by atoms with E-state index in [1.807, 2.05) is 12.3 Å². The van der Waals surface area contributed by atoms with E-state index >= 15 is 0 Å². The second kappa shape index (κ2) is 3.96. The highest BCUT2D eigenvalue weighted by atomic mass is 16.5. The maximum absolute atomic E-state index is 11.5. The van der Waals surface area contributed by atoms with Gasteiger partial charge in [-0.05, 0) is 18.1 Å². The Labute approximate surface area is 93.9 Å². The van der Waals surface area contributed by atoms with Crippen LogP contribution in [-0.4, -0.2) is 22.5 Å². The van der Waals surface area contributed by atoms with E-state index in [4.69, 9.17) is 4.74 Å². The molecule has 0 saturated carbocycles. The van der Waals surface area contributed by atoms with E-state index in [1.54, 1.807) is 16.5 Å². The lowest BCUT2D eigenvalue weighted by Gasteiger charge is -2.01. The third-order valence-corrected chi connectivity index (χ3v) is 2.50. The van der Waals surface area contributed by atoms with Gasteiger partial charge in [-0.15, -0.1) is 0 Å². The molecule has 0 aromatic carbocycles. The molecule has 0 amide bonds. The van der Waals surface area contributed by atoms with Gasteiger partial charge in [-0.25, -0.2) is 9.78 Å². The Kier molecular flexibility index (Phi) is 2.64. The summed E-state index contributed by atoms with van der Waals surface area (Å²) in [5, 5.41) is 0. The van der Waals surface area contributed by atoms with Crippen molar-refractivity contribution in [2.45, 2.75) is 19.8 Å². The van der Waals surface area contributed by atoms with Gasteiger partial charge in [0.1, 0.15) is 11.3 Å². The van der Waals surface area contributed by atoms with Gasteiger partial charge in [-0.2, -0.15) is 0 Å². The number of nitrogens with zero attached hydrogens (tertiary/aromatic N) is 2. The highest BCUT2D eigenvalue weighted by molar-refractivity contribution is 5.88. The molecule has 84 valence electrons. The van der Waals surface area contributed by atoms with Gasteiger partial charge in [0.15, 0.2) is 0 Å². The highest BCUT2D eigenvalue weighted by Gasteiger charge is 2.12. The van der Waals surface area contributed by atoms with Crippen molar-refractivity contribution in [1.29, 1.82) is 0 Å². The van der Waals surface area contributed by atoms with Crippen LogP contribution in [0.1, 0.15) is 35.9 Å². The number of carbonyl (C=O) groups excluding carboxylic acids is 1. The standard InChI is InChI=1S/C12H14N2O2/c1-8(2)9-7-14-10(12(15)16-3)5-4-6-11(14)13-9/h4-8H,1-3H3. The van der Waals surface area contributed by atoms with Gasteiger partial charge >= 0.3 is 5.97 Å². The summed E-state index contributed by atoms with van der Waals surface area (Å²) >= 11 is 0. The second-order valence-corrected chi connectivity index (χ2v) is 3.95. The fourth-order valence-electron chi connectivity index (χ4n) is 1.58. The first-order valence-corrected chi connectivity index (χ1v) is 5.20. The predicted molar refractivity (Wildman–Crippen MR) is 60.6 cm³/mol. The molecule has 0 unspecified atom stereocenters. The molecule has 0 radical (unpaired) electrons. The number of methoxy groups -OCH3 is 1. The summed E-state index contributed by atoms with van der Waals surface area (Å²) in [5.41, 5.74) is 2.24. The molecular weight excluding hydrogens is 204 g/mol. The zero-order chi connectivity index (χ0) is 11.7. The molecule has 0 saturated heterocycles. The molecule has 0 atom stereocenters. The average Bonchev–Trinajstić information content (AvgIpc) is 2.71. The molecule has 0 N–H and O–H groups in total. The summed E-state index contributed by atoms with van der Waals surface area (Å²) in [6.07, 6.45) is 1.88. The van der Waals surface area contributed by atoms with Crippen molar-refractivity contribution in [3.63, 3.8) is 0 Å². The van der Waals surface area contributed by atoms with Crippen molar-refractivity contribution < 1.29 is 9.53 Å². The lowest BCUT2D eigenvalue weighted by atomic mass is 10.2. The minimum Gasteiger partial charge on any atom is -0.464 e. The van der Waals surface area contributed by atoms with Crippen LogP contribution in [-0.2, 0) is 4.74 Å². The van der Waals surface area contributed by atoms with Crippen molar-refractivity contribution >= 4 is 11.6 Å². The third kappa shape index (κ3) is 1.66. The largest absolute Gasteiger partial charge is 0.464 e. The van der Waals surface area contributed by atoms with E-state index in [1.165, 1.54) is 7.11 Å². The Morgan fingerprint density at radius 2 is 2.19 bits per heavy atom. The van der Waals surface area contributed by atoms with E-state index in [-0.39, 0.29) is 5.97 Å². The number of fused-ring (bicyclic) bond motifs is 1. The van der Waals surface area contributed by atoms with Gasteiger partial charge in [0.2, 0.25) is 0 Å². The van der Waals surface area contributed by atoms with Gasteiger partial charge in [0.25, 0.3) is 0 Å². The van der Waals surface area contributed by atoms with Crippen LogP contribution in [0.4, 0.5) is 0 Å². The van der Waals surface area contributed by atoms with Gasteiger partial charge in [-0.3, -0.25) is 4.40 Å². The maximum atomic E-state index is 11.5. The zero-order valence-electron chi connectivity index (χ0n) is 9.60. The monoisotopic (exact) mass is 218 g/mol. The molecule has 4 heteroatoms. The fourth-order valence-corrected chi connectivity index (χ4v) is 1.58. The Bertz CT molecular complexity index is 529. The summed E-state index contributed by atoms with van der Waals surface area (Å²) in [6.45, 7) is 4.14. The van der Waals surface area contributed by atoms with Crippen molar-refractivity contribution in [2.75, 3.05) is 7.11 Å². The Balaban J connectivity index is 2.63. The summed E-state index contributed by atoms with van der Waals surface area (Å²) in [4.78, 5) is 16.0. The van der Waals surface area contributed by atoms with Crippen molar-refractivity contribution in [1.82, 2.24) is 9.38 Å². The van der Waals surface area contributed by atoms with Crippen LogP contribution in [0.3, 0.4) is 0 Å². The van der Waals surface area contributed by atoms with Crippen LogP contribution in [0, 0.1) is 0 Å². The van der Waals surface area contributed by atoms with Crippen molar-refractivity contribution in [3.05, 3.63) is 35.8 Å². The Hall–Kier alpha value is -1.84. The van der Waals surface area contributed by atoms with E-state index in [0.717, 1.165) is 11.3 Å². The van der Waals surface area contributed by atoms with Crippen LogP contribution in [0.2, 0.25) is 0 Å². The number of pyridine rings is 1. The first-order valence-electron chi connectivity index (χ1n) is 5.20. The second-order valence-electron chi connectivity index (χ2n) is 3.95. The molecule has 0 aliphatic heterocycles. The molecule has 0 aliphatic rings. The van der Waals surface area contributed by atoms with E-state index in [0.29, 0.717) is 11.6 Å². The van der Waals surface area contributed by atoms with E-state index in [9.17, 15) is 4.79 Å². The minimum atomic E-state index is -0.349. The molecular formula is C12H14N2O2. The lowest BCUT2D eigenvalue weighted by Crippen LogP contribution is -2.06. The molecule has 4 nitrogen and oxygen atoms in total. The number of hydrogen-bond donors (Lipinski definition) is 0. The Morgan fingerprint density at radius 3 is 2.81 bits per heavy atom. The molecule has 0 bridgehead atoms. The summed E-state index contributed by atoms with van der Waals surface area (Å²) in [7, 11) is 1.38. The van der Waals surface area contributed by atoms with Crippen LogP contribution in [0.25, 0.3) is 5.65 Å². The van der Waals surface area contributed by atoms with Crippen molar-refractivity contribution in [3.8, 4) is 0 Å². The normalized spacial score (nSPS) is 11.0. The zero-order valence-corrected chi connectivity index (χ0v) is 9.60. The van der Waals surface area contributed by atoms with E-state index < -0.39 is 0 Å². The first kappa shape index (κ1) is 10.7. The molecule has 2 aromatic heterocycles. The quantitative estimate of drug-likeness (QED) is 0.726. The maximum Gasteiger partial charge on any atom is 0.355 e. The number of ether oxygens (including phenoxy) is 1. The summed E-state index contributed by atoms with van der Waals surface area (Å²) < 4.78 is 6.49. The SMILES string of the molecule is COC(=O)c1cccc2nc(C(C)C)cn12. The molecule has 2 heterocycles. The number of carbonyl (C=O) groups is 1. The number of esters is 1. The van der Waals surface area contributed by atoms with Gasteiger partial charge in [0, 0.05) is 6.20 Å². The van der Waals surface area contributed by atoms with Crippen LogP contribution in [0.5, 0.6) is 0 Å². The highest BCUT2D eigenvalue weighted by Crippen LogP contribution is 2.16. The lowest BCUT2D eigenvalue weighted by molar-refractivity contribution is 0.0592. The Morgan fingerprint density at radius 1 is 1.44 bits per heavy atom. The topological polar surface area (TPSA) is 43.6 Å². The predicted octanol–water partition coefficient (Wildman–Crippen LogP) is 2.24. The molecule has 0 aliphatic carbocycles. The van der Waals surface area contributed by atoms with E-state index in [2.05, 4.69) is 18.8 Å². The summed E-state index contributed by atoms with van der Waals surface area (Å²) in [5.74, 6) is -0.0105.